The molecule has 76 valence electrons. The molecule has 1 unspecified atom stereocenters. The third kappa shape index (κ3) is 2.37. The van der Waals surface area contributed by atoms with Gasteiger partial charge in [0.2, 0.25) is 0 Å². The second-order valence-electron chi connectivity index (χ2n) is 4.29. The molecule has 1 aliphatic rings. The molecule has 0 spiro atoms. The van der Waals surface area contributed by atoms with Crippen molar-refractivity contribution < 1.29 is 0 Å². The highest BCUT2D eigenvalue weighted by molar-refractivity contribution is 9.10. The molecule has 0 aliphatic heterocycles. The minimum absolute atomic E-state index is 0.231. The normalized spacial score (nSPS) is 18.2. The first-order chi connectivity index (χ1) is 6.66. The van der Waals surface area contributed by atoms with Gasteiger partial charge in [0.25, 0.3) is 0 Å². The van der Waals surface area contributed by atoms with Gasteiger partial charge in [-0.3, -0.25) is 0 Å². The average molecular weight is 254 g/mol. The lowest BCUT2D eigenvalue weighted by molar-refractivity contribution is 0.596. The van der Waals surface area contributed by atoms with Gasteiger partial charge in [-0.2, -0.15) is 0 Å². The summed E-state index contributed by atoms with van der Waals surface area (Å²) in [4.78, 5) is 0. The van der Waals surface area contributed by atoms with Crippen molar-refractivity contribution in [2.24, 2.45) is 11.7 Å². The van der Waals surface area contributed by atoms with E-state index in [0.29, 0.717) is 0 Å². The molecule has 0 aromatic heterocycles. The lowest BCUT2D eigenvalue weighted by Crippen LogP contribution is -2.11. The summed E-state index contributed by atoms with van der Waals surface area (Å²) in [5, 5.41) is 0. The Bertz CT molecular complexity index is 331. The molecule has 0 amide bonds. The van der Waals surface area contributed by atoms with Crippen LogP contribution < -0.4 is 5.73 Å². The van der Waals surface area contributed by atoms with Crippen LogP contribution in [0.2, 0.25) is 0 Å². The van der Waals surface area contributed by atoms with Gasteiger partial charge >= 0.3 is 0 Å². The van der Waals surface area contributed by atoms with E-state index in [4.69, 9.17) is 5.73 Å². The minimum atomic E-state index is 0.231. The summed E-state index contributed by atoms with van der Waals surface area (Å²) in [5.74, 6) is 0.897. The van der Waals surface area contributed by atoms with Crippen molar-refractivity contribution in [1.82, 2.24) is 0 Å². The zero-order chi connectivity index (χ0) is 10.1. The first-order valence-corrected chi connectivity index (χ1v) is 5.98. The van der Waals surface area contributed by atoms with E-state index in [1.54, 1.807) is 0 Å². The molecule has 2 rings (SSSR count). The first-order valence-electron chi connectivity index (χ1n) is 5.18. The van der Waals surface area contributed by atoms with Gasteiger partial charge in [0.05, 0.1) is 0 Å². The molecule has 1 saturated carbocycles. The fourth-order valence-corrected chi connectivity index (χ4v) is 1.99. The molecule has 1 aromatic rings. The minimum Gasteiger partial charge on any atom is -0.324 e. The van der Waals surface area contributed by atoms with Crippen LogP contribution in [0.15, 0.2) is 22.7 Å². The highest BCUT2D eigenvalue weighted by Gasteiger charge is 2.24. The maximum atomic E-state index is 6.14. The van der Waals surface area contributed by atoms with Crippen LogP contribution in [0, 0.1) is 12.8 Å². The Morgan fingerprint density at radius 2 is 2.21 bits per heavy atom. The Kier molecular flexibility index (Phi) is 2.93. The van der Waals surface area contributed by atoms with E-state index < -0.39 is 0 Å². The molecular weight excluding hydrogens is 238 g/mol. The van der Waals surface area contributed by atoms with Crippen molar-refractivity contribution in [2.75, 3.05) is 0 Å². The van der Waals surface area contributed by atoms with Gasteiger partial charge in [0.1, 0.15) is 0 Å². The molecule has 0 heterocycles. The van der Waals surface area contributed by atoms with Crippen molar-refractivity contribution in [2.45, 2.75) is 32.2 Å². The van der Waals surface area contributed by atoms with E-state index in [-0.39, 0.29) is 6.04 Å². The summed E-state index contributed by atoms with van der Waals surface area (Å²) < 4.78 is 1.17. The Labute approximate surface area is 93.8 Å². The lowest BCUT2D eigenvalue weighted by Gasteiger charge is -2.12. The number of benzene rings is 1. The molecule has 14 heavy (non-hydrogen) atoms. The zero-order valence-electron chi connectivity index (χ0n) is 8.46. The summed E-state index contributed by atoms with van der Waals surface area (Å²) in [7, 11) is 0. The molecule has 1 nitrogen and oxygen atoms in total. The van der Waals surface area contributed by atoms with E-state index in [0.717, 1.165) is 12.3 Å². The molecule has 2 N–H and O–H groups in total. The van der Waals surface area contributed by atoms with Gasteiger partial charge in [-0.15, -0.1) is 0 Å². The standard InChI is InChI=1S/C12H16BrN/c1-8-6-10(4-5-11(8)13)12(14)7-9-2-3-9/h4-6,9,12H,2-3,7,14H2,1H3. The molecule has 0 bridgehead atoms. The Morgan fingerprint density at radius 1 is 1.50 bits per heavy atom. The molecule has 1 aromatic carbocycles. The van der Waals surface area contributed by atoms with Crippen LogP contribution in [-0.2, 0) is 0 Å². The highest BCUT2D eigenvalue weighted by atomic mass is 79.9. The molecule has 2 heteroatoms. The molecular formula is C12H16BrN. The van der Waals surface area contributed by atoms with E-state index in [9.17, 15) is 0 Å². The SMILES string of the molecule is Cc1cc(C(N)CC2CC2)ccc1Br. The average Bonchev–Trinajstić information content (AvgIpc) is 2.93. The van der Waals surface area contributed by atoms with E-state index in [1.807, 2.05) is 0 Å². The third-order valence-corrected chi connectivity index (χ3v) is 3.78. The topological polar surface area (TPSA) is 26.0 Å². The summed E-state index contributed by atoms with van der Waals surface area (Å²) in [6.45, 7) is 2.11. The number of hydrogen-bond acceptors (Lipinski definition) is 1. The molecule has 1 aliphatic carbocycles. The van der Waals surface area contributed by atoms with Gasteiger partial charge < -0.3 is 5.73 Å². The Hall–Kier alpha value is -0.340. The van der Waals surface area contributed by atoms with E-state index >= 15 is 0 Å². The highest BCUT2D eigenvalue weighted by Crippen LogP contribution is 2.37. The zero-order valence-corrected chi connectivity index (χ0v) is 10.0. The van der Waals surface area contributed by atoms with Gasteiger partial charge in [0, 0.05) is 10.5 Å². The number of hydrogen-bond donors (Lipinski definition) is 1. The largest absolute Gasteiger partial charge is 0.324 e. The lowest BCUT2D eigenvalue weighted by atomic mass is 10.0. The van der Waals surface area contributed by atoms with Crippen LogP contribution in [0.3, 0.4) is 0 Å². The summed E-state index contributed by atoms with van der Waals surface area (Å²) in [6, 6.07) is 6.65. The van der Waals surface area contributed by atoms with Gasteiger partial charge in [-0.25, -0.2) is 0 Å². The third-order valence-electron chi connectivity index (χ3n) is 2.89. The number of rotatable bonds is 3. The maximum absolute atomic E-state index is 6.14. The van der Waals surface area contributed by atoms with Crippen molar-refractivity contribution >= 4 is 15.9 Å². The number of aryl methyl sites for hydroxylation is 1. The second kappa shape index (κ2) is 4.03. The maximum Gasteiger partial charge on any atom is 0.0297 e. The molecule has 1 fully saturated rings. The summed E-state index contributed by atoms with van der Waals surface area (Å²) in [6.07, 6.45) is 3.91. The van der Waals surface area contributed by atoms with Gasteiger partial charge in [-0.1, -0.05) is 40.9 Å². The predicted molar refractivity (Wildman–Crippen MR) is 63.1 cm³/mol. The second-order valence-corrected chi connectivity index (χ2v) is 5.15. The predicted octanol–water partition coefficient (Wildman–Crippen LogP) is 3.56. The monoisotopic (exact) mass is 253 g/mol. The van der Waals surface area contributed by atoms with Crippen LogP contribution in [-0.4, -0.2) is 0 Å². The Balaban J connectivity index is 2.10. The van der Waals surface area contributed by atoms with Crippen LogP contribution in [0.4, 0.5) is 0 Å². The van der Waals surface area contributed by atoms with Gasteiger partial charge in [-0.05, 0) is 36.5 Å². The molecule has 0 radical (unpaired) electrons. The van der Waals surface area contributed by atoms with Crippen molar-refractivity contribution in [3.63, 3.8) is 0 Å². The van der Waals surface area contributed by atoms with E-state index in [1.165, 1.54) is 28.4 Å². The Morgan fingerprint density at radius 3 is 2.79 bits per heavy atom. The van der Waals surface area contributed by atoms with E-state index in [2.05, 4.69) is 41.1 Å². The van der Waals surface area contributed by atoms with Crippen molar-refractivity contribution in [1.29, 1.82) is 0 Å². The smallest absolute Gasteiger partial charge is 0.0297 e. The number of nitrogens with two attached hydrogens (primary N) is 1. The van der Waals surface area contributed by atoms with Crippen LogP contribution in [0.25, 0.3) is 0 Å². The van der Waals surface area contributed by atoms with Crippen LogP contribution in [0.1, 0.15) is 36.4 Å². The van der Waals surface area contributed by atoms with Crippen LogP contribution >= 0.6 is 15.9 Å². The van der Waals surface area contributed by atoms with Crippen molar-refractivity contribution in [3.05, 3.63) is 33.8 Å². The fourth-order valence-electron chi connectivity index (χ4n) is 1.75. The van der Waals surface area contributed by atoms with Crippen molar-refractivity contribution in [3.8, 4) is 0 Å². The molecule has 0 saturated heterocycles. The summed E-state index contributed by atoms with van der Waals surface area (Å²) in [5.41, 5.74) is 8.69. The molecule has 1 atom stereocenters. The first kappa shape index (κ1) is 10.2. The summed E-state index contributed by atoms with van der Waals surface area (Å²) >= 11 is 3.50. The van der Waals surface area contributed by atoms with Gasteiger partial charge in [0.15, 0.2) is 0 Å². The van der Waals surface area contributed by atoms with Crippen LogP contribution in [0.5, 0.6) is 0 Å². The quantitative estimate of drug-likeness (QED) is 0.876. The number of halogens is 1. The fraction of sp³-hybridized carbons (Fsp3) is 0.500.